The normalized spacial score (nSPS) is 13.9. The van der Waals surface area contributed by atoms with Crippen molar-refractivity contribution in [1.82, 2.24) is 0 Å². The number of phenols is 2. The first-order chi connectivity index (χ1) is 17.6. The van der Waals surface area contributed by atoms with Gasteiger partial charge in [-0.3, -0.25) is 12.2 Å². The number of aromatic hydroxyl groups is 2. The Morgan fingerprint density at radius 3 is 1.05 bits per heavy atom. The fraction of sp³-hybridized carbons (Fsp3) is 0.276. The van der Waals surface area contributed by atoms with Crippen molar-refractivity contribution in [1.29, 1.82) is 0 Å². The van der Waals surface area contributed by atoms with E-state index in [9.17, 15) is 26.3 Å². The van der Waals surface area contributed by atoms with E-state index in [4.69, 9.17) is 10.2 Å². The molecule has 2 aliphatic carbocycles. The molecule has 0 fully saturated rings. The number of alkyl halides is 6. The van der Waals surface area contributed by atoms with Gasteiger partial charge in [-0.1, -0.05) is 64.8 Å². The van der Waals surface area contributed by atoms with Gasteiger partial charge in [0.05, 0.1) is 11.1 Å². The van der Waals surface area contributed by atoms with Crippen molar-refractivity contribution in [3.8, 4) is 11.5 Å². The first-order valence-electron chi connectivity index (χ1n) is 11.2. The summed E-state index contributed by atoms with van der Waals surface area (Å²) >= 11 is 1.30. The van der Waals surface area contributed by atoms with Crippen LogP contribution in [-0.4, -0.2) is 14.4 Å². The standard InChI is InChI=1S/2C7H5F3O.2C7H9.CH2.Zr/c2*8-7(9,10)5-3-1-2-4-6(5)11;2*1-6-3-4-7(2)5-6;;/h2*1-4,11H;2*3H,4H2,1-2H3;1H2;/q;;2*-1;;+2. The molecule has 38 heavy (non-hydrogen) atoms. The van der Waals surface area contributed by atoms with Crippen molar-refractivity contribution in [2.75, 3.05) is 0 Å². The second kappa shape index (κ2) is 17.0. The minimum atomic E-state index is -4.47. The quantitative estimate of drug-likeness (QED) is 0.230. The van der Waals surface area contributed by atoms with Crippen LogP contribution in [0.5, 0.6) is 11.5 Å². The van der Waals surface area contributed by atoms with Gasteiger partial charge < -0.3 is 10.2 Å². The molecule has 0 heterocycles. The third-order valence-corrected chi connectivity index (χ3v) is 4.67. The van der Waals surface area contributed by atoms with Crippen molar-refractivity contribution < 1.29 is 60.8 Å². The summed E-state index contributed by atoms with van der Waals surface area (Å²) < 4.78 is 74.7. The Bertz CT molecular complexity index is 1050. The maximum absolute atomic E-state index is 11.9. The Hall–Kier alpha value is -2.67. The number of rotatable bonds is 0. The van der Waals surface area contributed by atoms with Crippen molar-refractivity contribution in [2.45, 2.75) is 52.9 Å². The molecule has 2 aliphatic rings. The van der Waals surface area contributed by atoms with Crippen LogP contribution in [0.4, 0.5) is 26.3 Å². The van der Waals surface area contributed by atoms with E-state index in [-0.39, 0.29) is 0 Å². The Kier molecular flexibility index (Phi) is 15.8. The average molecular weight is 616 g/mol. The van der Waals surface area contributed by atoms with Gasteiger partial charge in [0, 0.05) is 0 Å². The van der Waals surface area contributed by atoms with E-state index >= 15 is 0 Å². The molecular formula is C29H30F6O2Zr. The topological polar surface area (TPSA) is 40.5 Å². The summed E-state index contributed by atoms with van der Waals surface area (Å²) in [4.78, 5) is 0. The molecule has 0 aliphatic heterocycles. The molecule has 2 nitrogen and oxygen atoms in total. The Balaban J connectivity index is 0.000000479. The molecule has 204 valence electrons. The summed E-state index contributed by atoms with van der Waals surface area (Å²) in [5, 5.41) is 17.5. The Morgan fingerprint density at radius 1 is 0.632 bits per heavy atom. The minimum absolute atomic E-state index is 0.736. The van der Waals surface area contributed by atoms with Crippen LogP contribution in [0.3, 0.4) is 0 Å². The zero-order valence-corrected chi connectivity index (χ0v) is 24.0. The summed E-state index contributed by atoms with van der Waals surface area (Å²) in [6, 6.07) is 8.79. The zero-order valence-electron chi connectivity index (χ0n) is 21.6. The van der Waals surface area contributed by atoms with Gasteiger partial charge in [0.2, 0.25) is 0 Å². The fourth-order valence-electron chi connectivity index (χ4n) is 2.92. The molecule has 4 rings (SSSR count). The number of allylic oxidation sites excluding steroid dienone is 8. The van der Waals surface area contributed by atoms with Gasteiger partial charge in [-0.15, -0.1) is 0 Å². The molecule has 0 spiro atoms. The number of hydrogen-bond donors (Lipinski definition) is 2. The van der Waals surface area contributed by atoms with Gasteiger partial charge in [-0.2, -0.15) is 37.5 Å². The SMILES string of the molecule is CC1=[C-]C(C)=CC1.CC1=[C-]C(C)=CC1.Oc1ccccc1C(F)(F)F.Oc1ccccc1C(F)(F)F.[CH2]=[Zr+2]. The summed E-state index contributed by atoms with van der Waals surface area (Å²) in [5.41, 5.74) is 3.30. The van der Waals surface area contributed by atoms with E-state index in [1.807, 2.05) is 0 Å². The van der Waals surface area contributed by atoms with Gasteiger partial charge in [-0.05, 0) is 24.3 Å². The van der Waals surface area contributed by atoms with E-state index in [1.165, 1.54) is 70.8 Å². The van der Waals surface area contributed by atoms with Gasteiger partial charge >= 0.3 is 40.8 Å². The van der Waals surface area contributed by atoms with E-state index in [1.54, 1.807) is 0 Å². The third-order valence-electron chi connectivity index (χ3n) is 4.67. The summed E-state index contributed by atoms with van der Waals surface area (Å²) in [7, 11) is 0. The molecule has 2 N–H and O–H groups in total. The van der Waals surface area contributed by atoms with Crippen molar-refractivity contribution >= 4 is 4.21 Å². The van der Waals surface area contributed by atoms with E-state index in [0.29, 0.717) is 0 Å². The van der Waals surface area contributed by atoms with Gasteiger partial charge in [-0.25, -0.2) is 23.3 Å². The van der Waals surface area contributed by atoms with Crippen LogP contribution in [0.2, 0.25) is 0 Å². The third kappa shape index (κ3) is 14.3. The summed E-state index contributed by atoms with van der Waals surface area (Å²) in [5.74, 6) is -1.47. The molecule has 0 atom stereocenters. The van der Waals surface area contributed by atoms with Crippen LogP contribution >= 0.6 is 0 Å². The summed E-state index contributed by atoms with van der Waals surface area (Å²) in [6.07, 6.45) is 4.07. The molecule has 0 saturated carbocycles. The number of para-hydroxylation sites is 2. The molecule has 0 unspecified atom stereocenters. The first kappa shape index (κ1) is 35.3. The second-order valence-corrected chi connectivity index (χ2v) is 8.02. The van der Waals surface area contributed by atoms with E-state index in [2.05, 4.69) is 56.2 Å². The molecule has 9 heteroatoms. The fourth-order valence-corrected chi connectivity index (χ4v) is 2.92. The van der Waals surface area contributed by atoms with Gasteiger partial charge in [0.15, 0.2) is 0 Å². The van der Waals surface area contributed by atoms with E-state index in [0.717, 1.165) is 37.1 Å². The first-order valence-corrected chi connectivity index (χ1v) is 12.9. The van der Waals surface area contributed by atoms with Crippen LogP contribution in [0.15, 0.2) is 83.0 Å². The van der Waals surface area contributed by atoms with E-state index < -0.39 is 35.0 Å². The molecule has 0 saturated heterocycles. The van der Waals surface area contributed by atoms with Crippen molar-refractivity contribution in [3.05, 3.63) is 106 Å². The summed E-state index contributed by atoms with van der Waals surface area (Å²) in [6.45, 7) is 8.37. The van der Waals surface area contributed by atoms with Gasteiger partial charge in [0.25, 0.3) is 0 Å². The molecule has 2 aromatic rings. The molecule has 0 aromatic heterocycles. The van der Waals surface area contributed by atoms with Crippen LogP contribution in [0.25, 0.3) is 0 Å². The predicted molar refractivity (Wildman–Crippen MR) is 135 cm³/mol. The number of hydrogen-bond acceptors (Lipinski definition) is 2. The molecule has 0 radical (unpaired) electrons. The number of halogens is 6. The zero-order chi connectivity index (χ0) is 29.5. The molecule has 2 aromatic carbocycles. The number of benzene rings is 2. The van der Waals surface area contributed by atoms with Gasteiger partial charge in [0.1, 0.15) is 11.5 Å². The molecule has 0 amide bonds. The van der Waals surface area contributed by atoms with Crippen molar-refractivity contribution in [2.24, 2.45) is 0 Å². The van der Waals surface area contributed by atoms with Crippen LogP contribution in [0, 0.1) is 12.2 Å². The van der Waals surface area contributed by atoms with Crippen LogP contribution in [-0.2, 0) is 36.6 Å². The Morgan fingerprint density at radius 2 is 0.921 bits per heavy atom. The average Bonchev–Trinajstić information content (AvgIpc) is 3.40. The van der Waals surface area contributed by atoms with Crippen LogP contribution < -0.4 is 0 Å². The monoisotopic (exact) mass is 614 g/mol. The van der Waals surface area contributed by atoms with Crippen LogP contribution in [0.1, 0.15) is 51.7 Å². The number of phenolic OH excluding ortho intramolecular Hbond substituents is 2. The second-order valence-electron chi connectivity index (χ2n) is 8.02. The predicted octanol–water partition coefficient (Wildman–Crippen LogP) is 8.96. The Labute approximate surface area is 235 Å². The van der Waals surface area contributed by atoms with Crippen molar-refractivity contribution in [3.63, 3.8) is 0 Å². The maximum atomic E-state index is 11.9. The molecule has 0 bridgehead atoms. The molecular weight excluding hydrogens is 586 g/mol.